The zero-order valence-corrected chi connectivity index (χ0v) is 10.2. The number of nitrogens with one attached hydrogen (secondary N) is 1. The van der Waals surface area contributed by atoms with E-state index in [2.05, 4.69) is 5.32 Å². The van der Waals surface area contributed by atoms with Crippen LogP contribution in [0.4, 0.5) is 5.69 Å². The van der Waals surface area contributed by atoms with Crippen LogP contribution in [-0.2, 0) is 0 Å². The molecule has 0 unspecified atom stereocenters. The monoisotopic (exact) mass is 227 g/mol. The lowest BCUT2D eigenvalue weighted by Crippen LogP contribution is -2.27. The smallest absolute Gasteiger partial charge is 0.0498 e. The van der Waals surface area contributed by atoms with Gasteiger partial charge < -0.3 is 10.4 Å². The SMILES string of the molecule is Cc1ccc(Cl)cc1NCC(C)(C)CO. The molecule has 0 saturated heterocycles. The van der Waals surface area contributed by atoms with Crippen LogP contribution in [0.5, 0.6) is 0 Å². The zero-order chi connectivity index (χ0) is 11.5. The van der Waals surface area contributed by atoms with Gasteiger partial charge in [0.05, 0.1) is 0 Å². The highest BCUT2D eigenvalue weighted by atomic mass is 35.5. The summed E-state index contributed by atoms with van der Waals surface area (Å²) >= 11 is 5.91. The number of hydrogen-bond donors (Lipinski definition) is 2. The molecule has 0 atom stereocenters. The molecule has 0 heterocycles. The summed E-state index contributed by atoms with van der Waals surface area (Å²) in [6.45, 7) is 6.95. The van der Waals surface area contributed by atoms with Crippen molar-refractivity contribution in [3.05, 3.63) is 28.8 Å². The van der Waals surface area contributed by atoms with Gasteiger partial charge in [-0.25, -0.2) is 0 Å². The summed E-state index contributed by atoms with van der Waals surface area (Å²) in [6.07, 6.45) is 0. The van der Waals surface area contributed by atoms with Crippen LogP contribution >= 0.6 is 11.6 Å². The Hall–Kier alpha value is -0.730. The van der Waals surface area contributed by atoms with E-state index in [-0.39, 0.29) is 12.0 Å². The first-order valence-electron chi connectivity index (χ1n) is 5.05. The fourth-order valence-electron chi connectivity index (χ4n) is 1.18. The second-order valence-corrected chi connectivity index (χ2v) is 5.07. The number of aryl methyl sites for hydroxylation is 1. The molecule has 0 bridgehead atoms. The molecule has 0 radical (unpaired) electrons. The molecule has 1 aromatic carbocycles. The van der Waals surface area contributed by atoms with E-state index in [1.165, 1.54) is 0 Å². The Morgan fingerprint density at radius 3 is 2.67 bits per heavy atom. The van der Waals surface area contributed by atoms with Crippen LogP contribution in [0.25, 0.3) is 0 Å². The van der Waals surface area contributed by atoms with Crippen molar-refractivity contribution in [1.82, 2.24) is 0 Å². The van der Waals surface area contributed by atoms with Gasteiger partial charge in [-0.1, -0.05) is 31.5 Å². The molecule has 1 rings (SSSR count). The van der Waals surface area contributed by atoms with Crippen molar-refractivity contribution in [1.29, 1.82) is 0 Å². The molecule has 0 amide bonds. The van der Waals surface area contributed by atoms with E-state index in [9.17, 15) is 0 Å². The Morgan fingerprint density at radius 2 is 2.07 bits per heavy atom. The molecule has 0 aromatic heterocycles. The van der Waals surface area contributed by atoms with Crippen molar-refractivity contribution in [2.45, 2.75) is 20.8 Å². The molecular weight excluding hydrogens is 210 g/mol. The predicted octanol–water partition coefficient (Wildman–Crippen LogP) is 3.08. The molecule has 0 aliphatic carbocycles. The minimum atomic E-state index is -0.116. The maximum Gasteiger partial charge on any atom is 0.0498 e. The number of aliphatic hydroxyl groups is 1. The molecule has 0 saturated carbocycles. The minimum Gasteiger partial charge on any atom is -0.396 e. The quantitative estimate of drug-likeness (QED) is 0.829. The Labute approximate surface area is 96.3 Å². The van der Waals surface area contributed by atoms with Crippen LogP contribution < -0.4 is 5.32 Å². The summed E-state index contributed by atoms with van der Waals surface area (Å²) in [6, 6.07) is 5.76. The Kier molecular flexibility index (Phi) is 4.00. The van der Waals surface area contributed by atoms with E-state index in [4.69, 9.17) is 16.7 Å². The molecule has 0 fully saturated rings. The van der Waals surface area contributed by atoms with Crippen LogP contribution in [0.15, 0.2) is 18.2 Å². The normalized spacial score (nSPS) is 11.5. The maximum absolute atomic E-state index is 9.13. The lowest BCUT2D eigenvalue weighted by atomic mass is 9.95. The third-order valence-electron chi connectivity index (χ3n) is 2.39. The Morgan fingerprint density at radius 1 is 1.40 bits per heavy atom. The van der Waals surface area contributed by atoms with Gasteiger partial charge in [0.1, 0.15) is 0 Å². The van der Waals surface area contributed by atoms with Gasteiger partial charge in [-0.2, -0.15) is 0 Å². The van der Waals surface area contributed by atoms with Crippen molar-refractivity contribution in [2.24, 2.45) is 5.41 Å². The molecule has 15 heavy (non-hydrogen) atoms. The van der Waals surface area contributed by atoms with E-state index < -0.39 is 0 Å². The van der Waals surface area contributed by atoms with Crippen LogP contribution in [0.1, 0.15) is 19.4 Å². The third kappa shape index (κ3) is 3.73. The zero-order valence-electron chi connectivity index (χ0n) is 9.47. The van der Waals surface area contributed by atoms with E-state index >= 15 is 0 Å². The summed E-state index contributed by atoms with van der Waals surface area (Å²) in [5.74, 6) is 0. The van der Waals surface area contributed by atoms with Crippen LogP contribution in [-0.4, -0.2) is 18.3 Å². The lowest BCUT2D eigenvalue weighted by Gasteiger charge is -2.23. The highest BCUT2D eigenvalue weighted by Crippen LogP contribution is 2.22. The molecule has 0 aliphatic heterocycles. The average Bonchev–Trinajstić information content (AvgIpc) is 2.20. The van der Waals surface area contributed by atoms with Crippen LogP contribution in [0, 0.1) is 12.3 Å². The average molecular weight is 228 g/mol. The summed E-state index contributed by atoms with van der Waals surface area (Å²) in [7, 11) is 0. The van der Waals surface area contributed by atoms with Gasteiger partial charge in [-0.05, 0) is 24.6 Å². The van der Waals surface area contributed by atoms with Gasteiger partial charge >= 0.3 is 0 Å². The first kappa shape index (κ1) is 12.3. The van der Waals surface area contributed by atoms with Gasteiger partial charge in [-0.3, -0.25) is 0 Å². The topological polar surface area (TPSA) is 32.3 Å². The molecule has 1 aromatic rings. The first-order chi connectivity index (χ1) is 6.94. The number of hydrogen-bond acceptors (Lipinski definition) is 2. The molecule has 0 aliphatic rings. The Balaban J connectivity index is 2.69. The summed E-state index contributed by atoms with van der Waals surface area (Å²) in [5.41, 5.74) is 2.08. The van der Waals surface area contributed by atoms with Crippen molar-refractivity contribution < 1.29 is 5.11 Å². The Bertz CT molecular complexity index is 336. The van der Waals surface area contributed by atoms with Gasteiger partial charge in [0.15, 0.2) is 0 Å². The van der Waals surface area contributed by atoms with Crippen LogP contribution in [0.3, 0.4) is 0 Å². The summed E-state index contributed by atoms with van der Waals surface area (Å²) in [5, 5.41) is 13.2. The third-order valence-corrected chi connectivity index (χ3v) is 2.62. The minimum absolute atomic E-state index is 0.116. The highest BCUT2D eigenvalue weighted by molar-refractivity contribution is 6.30. The standard InChI is InChI=1S/C12H18ClNO/c1-9-4-5-10(13)6-11(9)14-7-12(2,3)8-15/h4-6,14-15H,7-8H2,1-3H3. The lowest BCUT2D eigenvalue weighted by molar-refractivity contribution is 0.171. The predicted molar refractivity (Wildman–Crippen MR) is 65.5 cm³/mol. The van der Waals surface area contributed by atoms with E-state index in [0.29, 0.717) is 0 Å². The van der Waals surface area contributed by atoms with Crippen LogP contribution in [0.2, 0.25) is 5.02 Å². The van der Waals surface area contributed by atoms with Gasteiger partial charge in [0.25, 0.3) is 0 Å². The number of halogens is 1. The maximum atomic E-state index is 9.13. The molecule has 84 valence electrons. The van der Waals surface area contributed by atoms with E-state index in [1.54, 1.807) is 0 Å². The van der Waals surface area contributed by atoms with Crippen molar-refractivity contribution >= 4 is 17.3 Å². The molecule has 0 spiro atoms. The van der Waals surface area contributed by atoms with Gasteiger partial charge in [0, 0.05) is 29.3 Å². The number of rotatable bonds is 4. The number of benzene rings is 1. The first-order valence-corrected chi connectivity index (χ1v) is 5.43. The van der Waals surface area contributed by atoms with E-state index in [1.807, 2.05) is 39.0 Å². The molecule has 3 heteroatoms. The number of aliphatic hydroxyl groups excluding tert-OH is 1. The van der Waals surface area contributed by atoms with Crippen molar-refractivity contribution in [2.75, 3.05) is 18.5 Å². The van der Waals surface area contributed by atoms with Gasteiger partial charge in [-0.15, -0.1) is 0 Å². The molecular formula is C12H18ClNO. The van der Waals surface area contributed by atoms with Crippen molar-refractivity contribution in [3.8, 4) is 0 Å². The molecule has 2 nitrogen and oxygen atoms in total. The second kappa shape index (κ2) is 4.86. The van der Waals surface area contributed by atoms with Gasteiger partial charge in [0.2, 0.25) is 0 Å². The highest BCUT2D eigenvalue weighted by Gasteiger charge is 2.16. The van der Waals surface area contributed by atoms with E-state index in [0.717, 1.165) is 22.8 Å². The fourth-order valence-corrected chi connectivity index (χ4v) is 1.35. The largest absolute Gasteiger partial charge is 0.396 e. The van der Waals surface area contributed by atoms with Crippen molar-refractivity contribution in [3.63, 3.8) is 0 Å². The number of anilines is 1. The molecule has 2 N–H and O–H groups in total. The second-order valence-electron chi connectivity index (χ2n) is 4.64. The fraction of sp³-hybridized carbons (Fsp3) is 0.500. The summed E-state index contributed by atoms with van der Waals surface area (Å²) < 4.78 is 0. The summed E-state index contributed by atoms with van der Waals surface area (Å²) in [4.78, 5) is 0.